The van der Waals surface area contributed by atoms with Gasteiger partial charge in [-0.2, -0.15) is 0 Å². The van der Waals surface area contributed by atoms with Gasteiger partial charge in [-0.05, 0) is 44.5 Å². The fraction of sp³-hybridized carbons (Fsp3) is 0.467. The molecule has 1 unspecified atom stereocenters. The van der Waals surface area contributed by atoms with E-state index in [1.54, 1.807) is 26.0 Å². The monoisotopic (exact) mass is 389 g/mol. The van der Waals surface area contributed by atoms with Crippen molar-refractivity contribution in [1.29, 1.82) is 0 Å². The second-order valence-corrected chi connectivity index (χ2v) is 7.60. The summed E-state index contributed by atoms with van der Waals surface area (Å²) in [5, 5.41) is 8.82. The molecular formula is C15H20BrNO4S. The maximum Gasteiger partial charge on any atom is 0.323 e. The van der Waals surface area contributed by atoms with Crippen molar-refractivity contribution in [2.45, 2.75) is 37.6 Å². The number of hydrogen-bond donors (Lipinski definition) is 1. The summed E-state index contributed by atoms with van der Waals surface area (Å²) in [6.45, 7) is 3.26. The molecule has 1 atom stereocenters. The van der Waals surface area contributed by atoms with E-state index in [1.165, 1.54) is 4.90 Å². The lowest BCUT2D eigenvalue weighted by Crippen LogP contribution is -2.40. The Morgan fingerprint density at radius 1 is 1.27 bits per heavy atom. The zero-order chi connectivity index (χ0) is 16.7. The average Bonchev–Trinajstić information content (AvgIpc) is 2.44. The van der Waals surface area contributed by atoms with Crippen molar-refractivity contribution in [1.82, 2.24) is 4.90 Å². The molecule has 0 saturated heterocycles. The minimum Gasteiger partial charge on any atom is -0.480 e. The topological polar surface area (TPSA) is 74.7 Å². The lowest BCUT2D eigenvalue weighted by molar-refractivity contribution is -0.145. The lowest BCUT2D eigenvalue weighted by Gasteiger charge is -2.24. The first kappa shape index (κ1) is 18.8. The van der Waals surface area contributed by atoms with E-state index in [2.05, 4.69) is 15.9 Å². The molecule has 22 heavy (non-hydrogen) atoms. The molecule has 1 aromatic carbocycles. The van der Waals surface area contributed by atoms with Gasteiger partial charge in [0.2, 0.25) is 5.91 Å². The number of aliphatic carboxylic acids is 1. The molecule has 0 radical (unpaired) electrons. The summed E-state index contributed by atoms with van der Waals surface area (Å²) in [6.07, 6.45) is 0.665. The van der Waals surface area contributed by atoms with Crippen molar-refractivity contribution in [2.24, 2.45) is 0 Å². The molecule has 0 bridgehead atoms. The molecule has 7 heteroatoms. The standard InChI is InChI=1S/C15H20BrNO4S/c1-11(2)17(10-15(19)20)14(18)4-3-9-22(21)13-7-5-12(16)6-8-13/h5-8,11H,3-4,9-10H2,1-2H3,(H,19,20). The molecule has 0 heterocycles. The predicted octanol–water partition coefficient (Wildman–Crippen LogP) is 2.66. The minimum absolute atomic E-state index is 0.166. The maximum atomic E-state index is 12.1. The highest BCUT2D eigenvalue weighted by Gasteiger charge is 2.19. The molecule has 1 amide bonds. The van der Waals surface area contributed by atoms with E-state index in [9.17, 15) is 13.8 Å². The summed E-state index contributed by atoms with van der Waals surface area (Å²) >= 11 is 3.32. The number of amides is 1. The van der Waals surface area contributed by atoms with Crippen LogP contribution in [0.5, 0.6) is 0 Å². The molecule has 0 fully saturated rings. The van der Waals surface area contributed by atoms with Crippen molar-refractivity contribution in [3.63, 3.8) is 0 Å². The number of nitrogens with zero attached hydrogens (tertiary/aromatic N) is 1. The fourth-order valence-corrected chi connectivity index (χ4v) is 3.25. The number of carboxylic acid groups (broad SMARTS) is 1. The Labute approximate surface area is 141 Å². The molecule has 0 aliphatic rings. The second-order valence-electron chi connectivity index (χ2n) is 5.12. The van der Waals surface area contributed by atoms with Gasteiger partial charge in [0.25, 0.3) is 0 Å². The zero-order valence-corrected chi connectivity index (χ0v) is 15.0. The van der Waals surface area contributed by atoms with E-state index in [0.29, 0.717) is 12.2 Å². The van der Waals surface area contributed by atoms with E-state index >= 15 is 0 Å². The Hall–Kier alpha value is -1.21. The van der Waals surface area contributed by atoms with E-state index in [-0.39, 0.29) is 24.9 Å². The third kappa shape index (κ3) is 6.27. The Morgan fingerprint density at radius 3 is 2.36 bits per heavy atom. The summed E-state index contributed by atoms with van der Waals surface area (Å²) in [5.74, 6) is -0.863. The first-order chi connectivity index (χ1) is 10.3. The van der Waals surface area contributed by atoms with Crippen LogP contribution in [0.3, 0.4) is 0 Å². The van der Waals surface area contributed by atoms with Crippen LogP contribution in [-0.2, 0) is 20.4 Å². The third-order valence-corrected chi connectivity index (χ3v) is 5.03. The van der Waals surface area contributed by atoms with Gasteiger partial charge in [0.1, 0.15) is 6.54 Å². The van der Waals surface area contributed by atoms with E-state index in [1.807, 2.05) is 12.1 Å². The lowest BCUT2D eigenvalue weighted by atomic mass is 10.2. The van der Waals surface area contributed by atoms with Crippen LogP contribution in [0.4, 0.5) is 0 Å². The molecular weight excluding hydrogens is 370 g/mol. The molecule has 0 aliphatic heterocycles. The number of hydrogen-bond acceptors (Lipinski definition) is 3. The Balaban J connectivity index is 2.48. The van der Waals surface area contributed by atoms with Crippen LogP contribution in [0.2, 0.25) is 0 Å². The number of carbonyl (C=O) groups is 2. The van der Waals surface area contributed by atoms with E-state index in [0.717, 1.165) is 9.37 Å². The van der Waals surface area contributed by atoms with Gasteiger partial charge < -0.3 is 10.0 Å². The summed E-state index contributed by atoms with van der Waals surface area (Å²) < 4.78 is 13.0. The molecule has 5 nitrogen and oxygen atoms in total. The highest BCUT2D eigenvalue weighted by atomic mass is 79.9. The van der Waals surface area contributed by atoms with Crippen LogP contribution in [0.15, 0.2) is 33.6 Å². The van der Waals surface area contributed by atoms with Gasteiger partial charge >= 0.3 is 5.97 Å². The van der Waals surface area contributed by atoms with Crippen LogP contribution < -0.4 is 0 Å². The quantitative estimate of drug-likeness (QED) is 0.741. The first-order valence-corrected chi connectivity index (χ1v) is 9.07. The molecule has 1 aromatic rings. The first-order valence-electron chi connectivity index (χ1n) is 6.96. The highest BCUT2D eigenvalue weighted by Crippen LogP contribution is 2.14. The van der Waals surface area contributed by atoms with Gasteiger partial charge in [0, 0.05) is 27.6 Å². The second kappa shape index (κ2) is 9.05. The summed E-state index contributed by atoms with van der Waals surface area (Å²) in [6, 6.07) is 7.05. The van der Waals surface area contributed by atoms with Crippen molar-refractivity contribution in [3.8, 4) is 0 Å². The van der Waals surface area contributed by atoms with Crippen LogP contribution in [-0.4, -0.2) is 44.4 Å². The number of carboxylic acids is 1. The SMILES string of the molecule is CC(C)N(CC(=O)O)C(=O)CCCS(=O)c1ccc(Br)cc1. The minimum atomic E-state index is -1.15. The Bertz CT molecular complexity index is 545. The van der Waals surface area contributed by atoms with Crippen LogP contribution in [0.1, 0.15) is 26.7 Å². The van der Waals surface area contributed by atoms with Gasteiger partial charge in [-0.3, -0.25) is 13.8 Å². The van der Waals surface area contributed by atoms with Gasteiger partial charge in [-0.1, -0.05) is 15.9 Å². The van der Waals surface area contributed by atoms with E-state index < -0.39 is 16.8 Å². The van der Waals surface area contributed by atoms with Gasteiger partial charge in [0.15, 0.2) is 0 Å². The van der Waals surface area contributed by atoms with Crippen molar-refractivity contribution in [3.05, 3.63) is 28.7 Å². The van der Waals surface area contributed by atoms with Crippen molar-refractivity contribution < 1.29 is 18.9 Å². The van der Waals surface area contributed by atoms with Crippen LogP contribution in [0, 0.1) is 0 Å². The van der Waals surface area contributed by atoms with Crippen molar-refractivity contribution >= 4 is 38.6 Å². The largest absolute Gasteiger partial charge is 0.480 e. The number of halogens is 1. The van der Waals surface area contributed by atoms with Crippen molar-refractivity contribution in [2.75, 3.05) is 12.3 Å². The predicted molar refractivity (Wildman–Crippen MR) is 89.1 cm³/mol. The number of carbonyl (C=O) groups excluding carboxylic acids is 1. The molecule has 1 rings (SSSR count). The molecule has 0 aromatic heterocycles. The Morgan fingerprint density at radius 2 is 1.86 bits per heavy atom. The molecule has 122 valence electrons. The maximum absolute atomic E-state index is 12.1. The van der Waals surface area contributed by atoms with Gasteiger partial charge in [-0.15, -0.1) is 0 Å². The van der Waals surface area contributed by atoms with Crippen LogP contribution in [0.25, 0.3) is 0 Å². The Kier molecular flexibility index (Phi) is 7.75. The fourth-order valence-electron chi connectivity index (χ4n) is 1.91. The zero-order valence-electron chi connectivity index (χ0n) is 12.6. The third-order valence-electron chi connectivity index (χ3n) is 3.05. The van der Waals surface area contributed by atoms with E-state index in [4.69, 9.17) is 5.11 Å². The molecule has 0 saturated carbocycles. The summed E-state index contributed by atoms with van der Waals surface area (Å²) in [4.78, 5) is 24.9. The van der Waals surface area contributed by atoms with Crippen LogP contribution >= 0.6 is 15.9 Å². The van der Waals surface area contributed by atoms with Gasteiger partial charge in [0.05, 0.1) is 10.8 Å². The number of rotatable bonds is 8. The summed E-state index contributed by atoms with van der Waals surface area (Å²) in [5.41, 5.74) is 0. The molecule has 0 aliphatic carbocycles. The normalized spacial score (nSPS) is 12.2. The average molecular weight is 390 g/mol. The highest BCUT2D eigenvalue weighted by molar-refractivity contribution is 9.10. The molecule has 1 N–H and O–H groups in total. The number of benzene rings is 1. The van der Waals surface area contributed by atoms with Gasteiger partial charge in [-0.25, -0.2) is 0 Å². The molecule has 0 spiro atoms. The summed E-state index contributed by atoms with van der Waals surface area (Å²) in [7, 11) is -1.15. The smallest absolute Gasteiger partial charge is 0.323 e.